The predicted molar refractivity (Wildman–Crippen MR) is 181 cm³/mol. The number of carbonyl (C=O) groups is 6. The normalized spacial score (nSPS) is 22.9. The molecule has 0 spiro atoms. The topological polar surface area (TPSA) is 156 Å². The molecule has 0 unspecified atom stereocenters. The van der Waals surface area contributed by atoms with E-state index >= 15 is 0 Å². The number of hydrogen-bond donors (Lipinski definition) is 3. The molecule has 0 bridgehead atoms. The van der Waals surface area contributed by atoms with Gasteiger partial charge in [-0.15, -0.1) is 0 Å². The number of nitrogens with zero attached hydrogens (tertiary/aromatic N) is 2. The molecule has 12 nitrogen and oxygen atoms in total. The zero-order valence-corrected chi connectivity index (χ0v) is 28.7. The zero-order chi connectivity index (χ0) is 34.8. The molecule has 3 heterocycles. The number of benzene rings is 1. The molecule has 2 aromatic rings. The Morgan fingerprint density at radius 1 is 0.938 bits per heavy atom. The number of amides is 4. The summed E-state index contributed by atoms with van der Waals surface area (Å²) < 4.78 is 6.63. The number of methoxy groups -OCH3 is 1. The summed E-state index contributed by atoms with van der Waals surface area (Å²) in [6, 6.07) is 3.86. The van der Waals surface area contributed by atoms with E-state index in [0.29, 0.717) is 57.9 Å². The molecule has 5 atom stereocenters. The van der Waals surface area contributed by atoms with Crippen LogP contribution in [0.25, 0.3) is 10.9 Å². The van der Waals surface area contributed by atoms with Crippen LogP contribution in [-0.4, -0.2) is 82.7 Å². The predicted octanol–water partition coefficient (Wildman–Crippen LogP) is 3.18. The van der Waals surface area contributed by atoms with Gasteiger partial charge in [-0.05, 0) is 49.7 Å². The number of fused-ring (bicyclic) bond motifs is 2. The molecule has 3 N–H and O–H groups in total. The molecule has 0 aliphatic carbocycles. The van der Waals surface area contributed by atoms with E-state index in [0.717, 1.165) is 29.3 Å². The van der Waals surface area contributed by atoms with Crippen molar-refractivity contribution >= 4 is 46.3 Å². The maximum absolute atomic E-state index is 14.1. The van der Waals surface area contributed by atoms with Crippen molar-refractivity contribution in [2.24, 2.45) is 5.92 Å². The fourth-order valence-corrected chi connectivity index (χ4v) is 6.67. The molecule has 12 heteroatoms. The average molecular weight is 666 g/mol. The Morgan fingerprint density at radius 3 is 2.40 bits per heavy atom. The molecule has 2 saturated heterocycles. The van der Waals surface area contributed by atoms with Gasteiger partial charge in [0.2, 0.25) is 23.6 Å². The number of rotatable bonds is 13. The van der Waals surface area contributed by atoms with Crippen LogP contribution in [0.1, 0.15) is 90.5 Å². The molecule has 48 heavy (non-hydrogen) atoms. The van der Waals surface area contributed by atoms with Crippen LogP contribution in [0.5, 0.6) is 0 Å². The molecule has 2 aliphatic heterocycles. The number of piperidine rings is 1. The molecule has 4 rings (SSSR count). The second-order valence-electron chi connectivity index (χ2n) is 13.1. The van der Waals surface area contributed by atoms with E-state index in [1.807, 2.05) is 45.0 Å². The van der Waals surface area contributed by atoms with Gasteiger partial charge in [-0.25, -0.2) is 0 Å². The SMILES string of the molecule is CCC(=O)CCCCC[C@@H]1NC(=O)[C@H]2CCCCN2C(=O)[C@H]([C@@H](C)CC)NC(=O)[C@H](Cc2cn(CC(=O)OC)c3ccccc23)NC1=O. The van der Waals surface area contributed by atoms with Crippen LogP contribution in [0.4, 0.5) is 0 Å². The van der Waals surface area contributed by atoms with Crippen LogP contribution in [0, 0.1) is 5.92 Å². The lowest BCUT2D eigenvalue weighted by molar-refractivity contribution is -0.147. The highest BCUT2D eigenvalue weighted by Gasteiger charge is 2.41. The van der Waals surface area contributed by atoms with E-state index in [9.17, 15) is 28.8 Å². The standard InChI is InChI=1S/C36H51N5O7/c1-5-23(3)32-36(47)41-19-13-12-18-30(41)35(46)37-27(16-9-7-8-14-25(42)6-2)33(44)38-28(34(45)39-32)20-24-21-40(22-31(43)48-4)29-17-11-10-15-26(24)29/h10-11,15,17,21,23,27-28,30,32H,5-9,12-14,16,18-20,22H2,1-4H3,(H,37,46)(H,38,44)(H,39,45)/t23-,27-,28-,30+,32-/m0/s1. The lowest BCUT2D eigenvalue weighted by atomic mass is 9.93. The Morgan fingerprint density at radius 2 is 1.67 bits per heavy atom. The summed E-state index contributed by atoms with van der Waals surface area (Å²) in [5.41, 5.74) is 1.50. The van der Waals surface area contributed by atoms with Crippen molar-refractivity contribution in [1.29, 1.82) is 0 Å². The third-order valence-electron chi connectivity index (χ3n) is 9.80. The van der Waals surface area contributed by atoms with Gasteiger partial charge in [-0.2, -0.15) is 0 Å². The first-order chi connectivity index (χ1) is 23.1. The number of hydrogen-bond acceptors (Lipinski definition) is 7. The van der Waals surface area contributed by atoms with Gasteiger partial charge >= 0.3 is 5.97 Å². The van der Waals surface area contributed by atoms with Gasteiger partial charge in [-0.1, -0.05) is 58.2 Å². The summed E-state index contributed by atoms with van der Waals surface area (Å²) in [5, 5.41) is 9.64. The number of unbranched alkanes of at least 4 members (excludes halogenated alkanes) is 2. The van der Waals surface area contributed by atoms with Crippen molar-refractivity contribution in [2.75, 3.05) is 13.7 Å². The molecular formula is C36H51N5O7. The quantitative estimate of drug-likeness (QED) is 0.219. The highest BCUT2D eigenvalue weighted by atomic mass is 16.5. The molecule has 2 aliphatic rings. The highest BCUT2D eigenvalue weighted by Crippen LogP contribution is 2.25. The number of carbonyl (C=O) groups excluding carboxylic acids is 6. The molecule has 262 valence electrons. The molecule has 0 radical (unpaired) electrons. The van der Waals surface area contributed by atoms with Crippen LogP contribution >= 0.6 is 0 Å². The van der Waals surface area contributed by atoms with Gasteiger partial charge in [0.05, 0.1) is 7.11 Å². The van der Waals surface area contributed by atoms with Crippen LogP contribution in [0.15, 0.2) is 30.5 Å². The molecular weight excluding hydrogens is 614 g/mol. The van der Waals surface area contributed by atoms with Gasteiger partial charge in [0, 0.05) is 42.9 Å². The fraction of sp³-hybridized carbons (Fsp3) is 0.611. The van der Waals surface area contributed by atoms with E-state index < -0.39 is 42.0 Å². The van der Waals surface area contributed by atoms with Crippen molar-refractivity contribution in [3.05, 3.63) is 36.0 Å². The number of ether oxygens (including phenoxy) is 1. The van der Waals surface area contributed by atoms with Gasteiger partial charge in [0.15, 0.2) is 0 Å². The second-order valence-corrected chi connectivity index (χ2v) is 13.1. The third-order valence-corrected chi connectivity index (χ3v) is 9.80. The number of aromatic nitrogens is 1. The van der Waals surface area contributed by atoms with E-state index in [-0.39, 0.29) is 36.5 Å². The Kier molecular flexibility index (Phi) is 13.2. The largest absolute Gasteiger partial charge is 0.468 e. The Labute approximate surface area is 282 Å². The van der Waals surface area contributed by atoms with Gasteiger partial charge < -0.3 is 30.2 Å². The first kappa shape index (κ1) is 36.6. The molecule has 1 aromatic heterocycles. The molecule has 4 amide bonds. The summed E-state index contributed by atoms with van der Waals surface area (Å²) in [5.74, 6) is -2.11. The minimum atomic E-state index is -1.08. The van der Waals surface area contributed by atoms with Crippen LogP contribution in [0.3, 0.4) is 0 Å². The van der Waals surface area contributed by atoms with Crippen molar-refractivity contribution in [1.82, 2.24) is 25.4 Å². The summed E-state index contributed by atoms with van der Waals surface area (Å²) in [6.07, 6.45) is 7.75. The highest BCUT2D eigenvalue weighted by molar-refractivity contribution is 5.98. The maximum atomic E-state index is 14.1. The lowest BCUT2D eigenvalue weighted by Crippen LogP contribution is -2.64. The molecule has 0 saturated carbocycles. The van der Waals surface area contributed by atoms with Crippen molar-refractivity contribution < 1.29 is 33.5 Å². The zero-order valence-electron chi connectivity index (χ0n) is 28.7. The Balaban J connectivity index is 1.68. The van der Waals surface area contributed by atoms with Gasteiger partial charge in [0.25, 0.3) is 0 Å². The summed E-state index contributed by atoms with van der Waals surface area (Å²) in [7, 11) is 1.32. The van der Waals surface area contributed by atoms with Crippen molar-refractivity contribution in [3.63, 3.8) is 0 Å². The average Bonchev–Trinajstić information content (AvgIpc) is 3.44. The summed E-state index contributed by atoms with van der Waals surface area (Å²) >= 11 is 0. The summed E-state index contributed by atoms with van der Waals surface area (Å²) in [6.45, 7) is 6.04. The first-order valence-corrected chi connectivity index (χ1v) is 17.4. The number of Topliss-reactive ketones (excluding diaryl/α,β-unsaturated/α-hetero) is 1. The van der Waals surface area contributed by atoms with E-state index in [1.54, 1.807) is 15.7 Å². The van der Waals surface area contributed by atoms with Crippen molar-refractivity contribution in [3.8, 4) is 0 Å². The van der Waals surface area contributed by atoms with E-state index in [2.05, 4.69) is 16.0 Å². The van der Waals surface area contributed by atoms with Crippen molar-refractivity contribution in [2.45, 2.75) is 122 Å². The van der Waals surface area contributed by atoms with E-state index in [1.165, 1.54) is 7.11 Å². The molecule has 2 fully saturated rings. The minimum Gasteiger partial charge on any atom is -0.468 e. The number of ketones is 1. The molecule has 1 aromatic carbocycles. The smallest absolute Gasteiger partial charge is 0.325 e. The van der Waals surface area contributed by atoms with Gasteiger partial charge in [-0.3, -0.25) is 28.8 Å². The minimum absolute atomic E-state index is 0.0280. The summed E-state index contributed by atoms with van der Waals surface area (Å²) in [4.78, 5) is 81.5. The van der Waals surface area contributed by atoms with Crippen LogP contribution in [0.2, 0.25) is 0 Å². The Bertz CT molecular complexity index is 1490. The fourth-order valence-electron chi connectivity index (χ4n) is 6.67. The van der Waals surface area contributed by atoms with Crippen LogP contribution in [-0.2, 0) is 46.5 Å². The number of esters is 1. The van der Waals surface area contributed by atoms with Gasteiger partial charge in [0.1, 0.15) is 36.5 Å². The van der Waals surface area contributed by atoms with E-state index in [4.69, 9.17) is 4.74 Å². The monoisotopic (exact) mass is 665 g/mol. The second kappa shape index (κ2) is 17.3. The maximum Gasteiger partial charge on any atom is 0.325 e. The Hall–Kier alpha value is -4.22. The number of para-hydroxylation sites is 1. The van der Waals surface area contributed by atoms with Crippen LogP contribution < -0.4 is 16.0 Å². The number of nitrogens with one attached hydrogen (secondary N) is 3. The lowest BCUT2D eigenvalue weighted by Gasteiger charge is -2.39. The first-order valence-electron chi connectivity index (χ1n) is 17.4. The third kappa shape index (κ3) is 9.02.